The summed E-state index contributed by atoms with van der Waals surface area (Å²) in [4.78, 5) is 10.4. The second-order valence-corrected chi connectivity index (χ2v) is 3.39. The van der Waals surface area contributed by atoms with Gasteiger partial charge in [-0.15, -0.1) is 0 Å². The van der Waals surface area contributed by atoms with E-state index in [2.05, 4.69) is 13.8 Å². The Morgan fingerprint density at radius 1 is 1.43 bits per heavy atom. The lowest BCUT2D eigenvalue weighted by atomic mass is 10.0. The lowest BCUT2D eigenvalue weighted by Gasteiger charge is -2.07. The summed E-state index contributed by atoms with van der Waals surface area (Å²) in [7, 11) is 0. The van der Waals surface area contributed by atoms with Gasteiger partial charge in [0, 0.05) is 5.92 Å². The summed E-state index contributed by atoms with van der Waals surface area (Å²) in [5, 5.41) is 8.57. The Morgan fingerprint density at radius 2 is 2.07 bits per heavy atom. The first-order chi connectivity index (χ1) is 6.67. The number of carboxylic acids is 1. The second-order valence-electron chi connectivity index (χ2n) is 3.39. The van der Waals surface area contributed by atoms with Crippen LogP contribution in [0.5, 0.6) is 0 Å². The van der Waals surface area contributed by atoms with Gasteiger partial charge in [-0.05, 0) is 25.0 Å². The summed E-state index contributed by atoms with van der Waals surface area (Å²) in [5.41, 5.74) is 0. The van der Waals surface area contributed by atoms with Gasteiger partial charge in [0.1, 0.15) is 17.9 Å². The Morgan fingerprint density at radius 3 is 2.57 bits per heavy atom. The molecule has 0 aliphatic heterocycles. The molecular weight excluding hydrogens is 180 g/mol. The molecule has 0 aliphatic carbocycles. The van der Waals surface area contributed by atoms with Gasteiger partial charge in [0.25, 0.3) is 0 Å². The van der Waals surface area contributed by atoms with Gasteiger partial charge in [-0.25, -0.2) is 0 Å². The van der Waals surface area contributed by atoms with Crippen LogP contribution >= 0.6 is 0 Å². The Labute approximate surface area is 83.7 Å². The lowest BCUT2D eigenvalue weighted by molar-refractivity contribution is -0.136. The lowest BCUT2D eigenvalue weighted by Crippen LogP contribution is -1.98. The maximum Gasteiger partial charge on any atom is 0.311 e. The Hall–Kier alpha value is -1.25. The van der Waals surface area contributed by atoms with Crippen molar-refractivity contribution < 1.29 is 14.3 Å². The van der Waals surface area contributed by atoms with Crippen molar-refractivity contribution in [3.8, 4) is 0 Å². The normalized spacial score (nSPS) is 10.8. The van der Waals surface area contributed by atoms with Crippen LogP contribution in [0.15, 0.2) is 16.5 Å². The molecule has 0 unspecified atom stereocenters. The molecule has 1 aromatic heterocycles. The molecule has 1 N–H and O–H groups in total. The molecule has 0 amide bonds. The topological polar surface area (TPSA) is 50.4 Å². The highest BCUT2D eigenvalue weighted by atomic mass is 16.4. The van der Waals surface area contributed by atoms with E-state index in [9.17, 15) is 4.79 Å². The predicted octanol–water partition coefficient (Wildman–Crippen LogP) is 2.81. The summed E-state index contributed by atoms with van der Waals surface area (Å²) in [5.74, 6) is 1.01. The zero-order valence-electron chi connectivity index (χ0n) is 8.62. The van der Waals surface area contributed by atoms with E-state index >= 15 is 0 Å². The maximum absolute atomic E-state index is 10.4. The molecule has 0 saturated carbocycles. The van der Waals surface area contributed by atoms with Crippen LogP contribution < -0.4 is 0 Å². The fourth-order valence-electron chi connectivity index (χ4n) is 1.55. The highest BCUT2D eigenvalue weighted by Gasteiger charge is 2.12. The Balaban J connectivity index is 2.71. The number of hydrogen-bond acceptors (Lipinski definition) is 2. The average Bonchev–Trinajstić information content (AvgIpc) is 2.54. The molecule has 3 heteroatoms. The fourth-order valence-corrected chi connectivity index (χ4v) is 1.55. The first-order valence-electron chi connectivity index (χ1n) is 4.97. The van der Waals surface area contributed by atoms with Gasteiger partial charge in [-0.1, -0.05) is 13.8 Å². The largest absolute Gasteiger partial charge is 0.481 e. The molecule has 0 radical (unpaired) electrons. The number of furan rings is 1. The van der Waals surface area contributed by atoms with Gasteiger partial charge in [0.2, 0.25) is 0 Å². The van der Waals surface area contributed by atoms with E-state index in [4.69, 9.17) is 9.52 Å². The summed E-state index contributed by atoms with van der Waals surface area (Å²) < 4.78 is 5.46. The molecule has 78 valence electrons. The molecule has 0 aliphatic rings. The smallest absolute Gasteiger partial charge is 0.311 e. The van der Waals surface area contributed by atoms with Crippen molar-refractivity contribution in [2.75, 3.05) is 0 Å². The molecule has 1 heterocycles. The third-order valence-electron chi connectivity index (χ3n) is 2.40. The van der Waals surface area contributed by atoms with E-state index in [0.29, 0.717) is 11.7 Å². The van der Waals surface area contributed by atoms with Crippen LogP contribution in [-0.2, 0) is 11.2 Å². The number of aliphatic carboxylic acids is 1. The van der Waals surface area contributed by atoms with E-state index in [0.717, 1.165) is 18.6 Å². The number of carboxylic acid groups (broad SMARTS) is 1. The first-order valence-corrected chi connectivity index (χ1v) is 4.97. The third kappa shape index (κ3) is 2.62. The van der Waals surface area contributed by atoms with E-state index < -0.39 is 5.97 Å². The minimum absolute atomic E-state index is 0.0276. The van der Waals surface area contributed by atoms with Crippen LogP contribution in [0.1, 0.15) is 44.1 Å². The molecular formula is C11H16O3. The van der Waals surface area contributed by atoms with Gasteiger partial charge in [0.05, 0.1) is 0 Å². The van der Waals surface area contributed by atoms with E-state index in [1.807, 2.05) is 6.07 Å². The van der Waals surface area contributed by atoms with Crippen LogP contribution in [0.3, 0.4) is 0 Å². The highest BCUT2D eigenvalue weighted by molar-refractivity contribution is 5.69. The average molecular weight is 196 g/mol. The number of rotatable bonds is 5. The molecule has 0 atom stereocenters. The fraction of sp³-hybridized carbons (Fsp3) is 0.545. The van der Waals surface area contributed by atoms with E-state index in [1.165, 1.54) is 0 Å². The maximum atomic E-state index is 10.4. The van der Waals surface area contributed by atoms with Crippen LogP contribution in [0.4, 0.5) is 0 Å². The number of hydrogen-bond donors (Lipinski definition) is 1. The predicted molar refractivity (Wildman–Crippen MR) is 53.4 cm³/mol. The quantitative estimate of drug-likeness (QED) is 0.787. The molecule has 0 saturated heterocycles. The Bertz CT molecular complexity index is 297. The van der Waals surface area contributed by atoms with Crippen LogP contribution in [0, 0.1) is 0 Å². The van der Waals surface area contributed by atoms with Crippen LogP contribution in [0.25, 0.3) is 0 Å². The minimum Gasteiger partial charge on any atom is -0.481 e. The second kappa shape index (κ2) is 4.84. The Kier molecular flexibility index (Phi) is 3.74. The zero-order chi connectivity index (χ0) is 10.6. The van der Waals surface area contributed by atoms with Crippen LogP contribution in [0.2, 0.25) is 0 Å². The molecule has 14 heavy (non-hydrogen) atoms. The van der Waals surface area contributed by atoms with Gasteiger partial charge in [-0.3, -0.25) is 4.79 Å². The van der Waals surface area contributed by atoms with E-state index in [1.54, 1.807) is 6.07 Å². The summed E-state index contributed by atoms with van der Waals surface area (Å²) >= 11 is 0. The monoisotopic (exact) mass is 196 g/mol. The van der Waals surface area contributed by atoms with Crippen molar-refractivity contribution in [3.63, 3.8) is 0 Å². The van der Waals surface area contributed by atoms with Gasteiger partial charge < -0.3 is 9.52 Å². The van der Waals surface area contributed by atoms with Crippen LogP contribution in [-0.4, -0.2) is 11.1 Å². The van der Waals surface area contributed by atoms with Crippen molar-refractivity contribution in [2.45, 2.75) is 39.0 Å². The highest BCUT2D eigenvalue weighted by Crippen LogP contribution is 2.24. The summed E-state index contributed by atoms with van der Waals surface area (Å²) in [6, 6.07) is 3.64. The number of carbonyl (C=O) groups is 1. The zero-order valence-corrected chi connectivity index (χ0v) is 8.62. The SMILES string of the molecule is CCC(CC)c1ccc(CC(=O)O)o1. The van der Waals surface area contributed by atoms with Gasteiger partial charge in [-0.2, -0.15) is 0 Å². The van der Waals surface area contributed by atoms with Crippen molar-refractivity contribution in [2.24, 2.45) is 0 Å². The molecule has 0 aromatic carbocycles. The standard InChI is InChI=1S/C11H16O3/c1-3-8(4-2)10-6-5-9(14-10)7-11(12)13/h5-6,8H,3-4,7H2,1-2H3,(H,12,13). The molecule has 3 nitrogen and oxygen atoms in total. The van der Waals surface area contributed by atoms with Gasteiger partial charge >= 0.3 is 5.97 Å². The summed E-state index contributed by atoms with van der Waals surface area (Å²) in [6.45, 7) is 4.21. The van der Waals surface area contributed by atoms with Crippen molar-refractivity contribution >= 4 is 5.97 Å². The molecule has 0 bridgehead atoms. The molecule has 1 rings (SSSR count). The van der Waals surface area contributed by atoms with E-state index in [-0.39, 0.29) is 6.42 Å². The van der Waals surface area contributed by atoms with Crippen molar-refractivity contribution in [1.82, 2.24) is 0 Å². The summed E-state index contributed by atoms with van der Waals surface area (Å²) in [6.07, 6.45) is 2.02. The molecule has 0 spiro atoms. The van der Waals surface area contributed by atoms with Crippen molar-refractivity contribution in [3.05, 3.63) is 23.7 Å². The molecule has 1 aromatic rings. The van der Waals surface area contributed by atoms with Gasteiger partial charge in [0.15, 0.2) is 0 Å². The minimum atomic E-state index is -0.851. The first kappa shape index (κ1) is 10.8. The van der Waals surface area contributed by atoms with Crippen molar-refractivity contribution in [1.29, 1.82) is 0 Å². The molecule has 0 fully saturated rings. The third-order valence-corrected chi connectivity index (χ3v) is 2.40.